The van der Waals surface area contributed by atoms with Crippen molar-refractivity contribution in [3.8, 4) is 11.3 Å². The van der Waals surface area contributed by atoms with E-state index in [9.17, 15) is 0 Å². The number of rotatable bonds is 3. The first kappa shape index (κ1) is 15.0. The van der Waals surface area contributed by atoms with Crippen molar-refractivity contribution < 1.29 is 0 Å². The van der Waals surface area contributed by atoms with E-state index in [0.717, 1.165) is 16.6 Å². The van der Waals surface area contributed by atoms with E-state index in [2.05, 4.69) is 40.6 Å². The van der Waals surface area contributed by atoms with Crippen LogP contribution in [0, 0.1) is 13.8 Å². The SMILES string of the molecule is Cc1cc(-c2csc(Nc3ccccn3)n2)c(C)s1.Cl. The summed E-state index contributed by atoms with van der Waals surface area (Å²) in [6.45, 7) is 4.26. The van der Waals surface area contributed by atoms with Crippen molar-refractivity contribution >= 4 is 46.0 Å². The van der Waals surface area contributed by atoms with E-state index >= 15 is 0 Å². The molecule has 0 aliphatic carbocycles. The highest BCUT2D eigenvalue weighted by Gasteiger charge is 2.10. The molecular formula is C14H14ClN3S2. The second-order valence-corrected chi connectivity index (χ2v) is 6.52. The quantitative estimate of drug-likeness (QED) is 0.733. The number of halogens is 1. The summed E-state index contributed by atoms with van der Waals surface area (Å²) in [6.07, 6.45) is 1.77. The van der Waals surface area contributed by atoms with E-state index in [1.807, 2.05) is 29.5 Å². The van der Waals surface area contributed by atoms with Crippen molar-refractivity contribution in [2.75, 3.05) is 5.32 Å². The molecular weight excluding hydrogens is 310 g/mol. The molecule has 3 heterocycles. The van der Waals surface area contributed by atoms with Gasteiger partial charge in [-0.1, -0.05) is 6.07 Å². The Bertz CT molecular complexity index is 692. The molecule has 0 aliphatic heterocycles. The van der Waals surface area contributed by atoms with Crippen LogP contribution in [0.2, 0.25) is 0 Å². The molecule has 0 fully saturated rings. The van der Waals surface area contributed by atoms with Crippen molar-refractivity contribution in [1.82, 2.24) is 9.97 Å². The molecule has 3 aromatic rings. The summed E-state index contributed by atoms with van der Waals surface area (Å²) in [6, 6.07) is 7.98. The molecule has 0 spiro atoms. The zero-order valence-electron chi connectivity index (χ0n) is 11.1. The van der Waals surface area contributed by atoms with Gasteiger partial charge in [-0.15, -0.1) is 35.1 Å². The summed E-state index contributed by atoms with van der Waals surface area (Å²) in [5.74, 6) is 0.821. The average Bonchev–Trinajstić information content (AvgIpc) is 2.97. The lowest BCUT2D eigenvalue weighted by Gasteiger charge is -1.99. The van der Waals surface area contributed by atoms with Gasteiger partial charge in [0.1, 0.15) is 5.82 Å². The standard InChI is InChI=1S/C14H13N3S2.ClH/c1-9-7-11(10(2)19-9)12-8-18-14(16-12)17-13-5-3-4-6-15-13;/h3-8H,1-2H3,(H,15,16,17);1H. The van der Waals surface area contributed by atoms with Crippen LogP contribution in [0.1, 0.15) is 9.75 Å². The Kier molecular flexibility index (Phi) is 4.75. The number of hydrogen-bond donors (Lipinski definition) is 1. The number of anilines is 2. The third-order valence-corrected chi connectivity index (χ3v) is 4.44. The number of nitrogens with zero attached hydrogens (tertiary/aromatic N) is 2. The highest BCUT2D eigenvalue weighted by molar-refractivity contribution is 7.14. The molecule has 104 valence electrons. The van der Waals surface area contributed by atoms with E-state index in [0.29, 0.717) is 0 Å². The molecule has 0 bridgehead atoms. The van der Waals surface area contributed by atoms with Crippen molar-refractivity contribution in [3.63, 3.8) is 0 Å². The molecule has 0 unspecified atom stereocenters. The largest absolute Gasteiger partial charge is 0.316 e. The van der Waals surface area contributed by atoms with Gasteiger partial charge >= 0.3 is 0 Å². The first-order valence-electron chi connectivity index (χ1n) is 5.93. The first-order valence-corrected chi connectivity index (χ1v) is 7.63. The fraction of sp³-hybridized carbons (Fsp3) is 0.143. The van der Waals surface area contributed by atoms with Gasteiger partial charge in [0.05, 0.1) is 5.69 Å². The zero-order valence-corrected chi connectivity index (χ0v) is 13.5. The van der Waals surface area contributed by atoms with E-state index < -0.39 is 0 Å². The lowest BCUT2D eigenvalue weighted by atomic mass is 10.2. The predicted molar refractivity (Wildman–Crippen MR) is 89.7 cm³/mol. The number of aryl methyl sites for hydroxylation is 2. The Balaban J connectivity index is 0.00000147. The number of aromatic nitrogens is 2. The fourth-order valence-corrected chi connectivity index (χ4v) is 3.54. The summed E-state index contributed by atoms with van der Waals surface area (Å²) in [7, 11) is 0. The van der Waals surface area contributed by atoms with Gasteiger partial charge < -0.3 is 5.32 Å². The molecule has 0 aliphatic rings. The van der Waals surface area contributed by atoms with Crippen LogP contribution < -0.4 is 5.32 Å². The normalized spacial score (nSPS) is 10.1. The van der Waals surface area contributed by atoms with Gasteiger partial charge in [0, 0.05) is 26.9 Å². The van der Waals surface area contributed by atoms with Gasteiger partial charge in [-0.3, -0.25) is 0 Å². The second kappa shape index (κ2) is 6.35. The van der Waals surface area contributed by atoms with Crippen LogP contribution in [-0.4, -0.2) is 9.97 Å². The number of hydrogen-bond acceptors (Lipinski definition) is 5. The molecule has 6 heteroatoms. The van der Waals surface area contributed by atoms with Crippen LogP contribution in [0.4, 0.5) is 10.9 Å². The van der Waals surface area contributed by atoms with Crippen LogP contribution in [0.15, 0.2) is 35.8 Å². The molecule has 1 N–H and O–H groups in total. The van der Waals surface area contributed by atoms with E-state index in [-0.39, 0.29) is 12.4 Å². The molecule has 0 aromatic carbocycles. The lowest BCUT2D eigenvalue weighted by molar-refractivity contribution is 1.29. The highest BCUT2D eigenvalue weighted by Crippen LogP contribution is 2.33. The monoisotopic (exact) mass is 323 g/mol. The van der Waals surface area contributed by atoms with Gasteiger partial charge in [0.25, 0.3) is 0 Å². The molecule has 0 amide bonds. The van der Waals surface area contributed by atoms with Crippen LogP contribution in [0.3, 0.4) is 0 Å². The molecule has 3 nitrogen and oxygen atoms in total. The maximum absolute atomic E-state index is 4.62. The molecule has 0 atom stereocenters. The first-order chi connectivity index (χ1) is 9.22. The second-order valence-electron chi connectivity index (χ2n) is 4.20. The van der Waals surface area contributed by atoms with Crippen molar-refractivity contribution in [2.24, 2.45) is 0 Å². The van der Waals surface area contributed by atoms with Gasteiger partial charge in [0.15, 0.2) is 5.13 Å². The molecule has 0 saturated carbocycles. The molecule has 20 heavy (non-hydrogen) atoms. The lowest BCUT2D eigenvalue weighted by Crippen LogP contribution is -1.91. The van der Waals surface area contributed by atoms with Crippen LogP contribution in [-0.2, 0) is 0 Å². The zero-order chi connectivity index (χ0) is 13.2. The smallest absolute Gasteiger partial charge is 0.188 e. The Labute approximate surface area is 132 Å². The fourth-order valence-electron chi connectivity index (χ4n) is 1.89. The Morgan fingerprint density at radius 3 is 2.70 bits per heavy atom. The number of pyridine rings is 1. The number of thiazole rings is 1. The molecule has 3 aromatic heterocycles. The molecule has 0 radical (unpaired) electrons. The summed E-state index contributed by atoms with van der Waals surface area (Å²) in [4.78, 5) is 11.5. The number of nitrogens with one attached hydrogen (secondary N) is 1. The van der Waals surface area contributed by atoms with Crippen molar-refractivity contribution in [3.05, 3.63) is 45.6 Å². The Morgan fingerprint density at radius 2 is 2.05 bits per heavy atom. The molecule has 0 saturated heterocycles. The minimum atomic E-state index is 0. The van der Waals surface area contributed by atoms with Gasteiger partial charge in [-0.05, 0) is 32.0 Å². The maximum atomic E-state index is 4.62. The van der Waals surface area contributed by atoms with Crippen molar-refractivity contribution in [2.45, 2.75) is 13.8 Å². The maximum Gasteiger partial charge on any atom is 0.188 e. The van der Waals surface area contributed by atoms with Crippen LogP contribution >= 0.6 is 35.1 Å². The topological polar surface area (TPSA) is 37.8 Å². The van der Waals surface area contributed by atoms with E-state index in [1.54, 1.807) is 17.5 Å². The van der Waals surface area contributed by atoms with E-state index in [1.165, 1.54) is 15.3 Å². The highest BCUT2D eigenvalue weighted by atomic mass is 35.5. The summed E-state index contributed by atoms with van der Waals surface area (Å²) in [5.41, 5.74) is 2.26. The Morgan fingerprint density at radius 1 is 1.20 bits per heavy atom. The summed E-state index contributed by atoms with van der Waals surface area (Å²) >= 11 is 3.41. The number of thiophene rings is 1. The minimum Gasteiger partial charge on any atom is -0.316 e. The van der Waals surface area contributed by atoms with E-state index in [4.69, 9.17) is 0 Å². The molecule has 3 rings (SSSR count). The van der Waals surface area contributed by atoms with Gasteiger partial charge in [-0.25, -0.2) is 9.97 Å². The third-order valence-electron chi connectivity index (χ3n) is 2.72. The summed E-state index contributed by atoms with van der Waals surface area (Å²) in [5, 5.41) is 6.18. The van der Waals surface area contributed by atoms with Crippen LogP contribution in [0.25, 0.3) is 11.3 Å². The van der Waals surface area contributed by atoms with Crippen LogP contribution in [0.5, 0.6) is 0 Å². The average molecular weight is 324 g/mol. The third kappa shape index (κ3) is 3.17. The van der Waals surface area contributed by atoms with Gasteiger partial charge in [0.2, 0.25) is 0 Å². The summed E-state index contributed by atoms with van der Waals surface area (Å²) < 4.78 is 0. The Hall–Kier alpha value is -1.43. The minimum absolute atomic E-state index is 0. The van der Waals surface area contributed by atoms with Gasteiger partial charge in [-0.2, -0.15) is 0 Å². The van der Waals surface area contributed by atoms with Crippen molar-refractivity contribution in [1.29, 1.82) is 0 Å². The predicted octanol–water partition coefficient (Wildman–Crippen LogP) is 5.05.